The number of hydrogen-bond donors (Lipinski definition) is 1. The van der Waals surface area contributed by atoms with Gasteiger partial charge in [-0.2, -0.15) is 0 Å². The van der Waals surface area contributed by atoms with Crippen LogP contribution in [0.25, 0.3) is 11.3 Å². The molecule has 0 unspecified atom stereocenters. The number of benzene rings is 2. The minimum Gasteiger partial charge on any atom is -0.337 e. The molecule has 0 aliphatic heterocycles. The second-order valence-electron chi connectivity index (χ2n) is 4.46. The van der Waals surface area contributed by atoms with Crippen LogP contribution < -0.4 is 4.72 Å². The fourth-order valence-electron chi connectivity index (χ4n) is 1.78. The number of aromatic nitrogens is 1. The Hall–Kier alpha value is -2.20. The number of nitrogens with zero attached hydrogens (tertiary/aromatic N) is 1. The van der Waals surface area contributed by atoms with Crippen LogP contribution in [0.1, 0.15) is 5.56 Å². The van der Waals surface area contributed by atoms with Crippen molar-refractivity contribution < 1.29 is 4.52 Å². The van der Waals surface area contributed by atoms with E-state index in [1.165, 1.54) is 17.5 Å². The van der Waals surface area contributed by atoms with Crippen molar-refractivity contribution in [2.45, 2.75) is 11.8 Å². The van der Waals surface area contributed by atoms with Crippen molar-refractivity contribution in [1.82, 2.24) is 5.16 Å². The summed E-state index contributed by atoms with van der Waals surface area (Å²) in [6.45, 7) is 2.07. The van der Waals surface area contributed by atoms with E-state index in [2.05, 4.69) is 41.1 Å². The van der Waals surface area contributed by atoms with Crippen molar-refractivity contribution >= 4 is 17.8 Å². The normalized spacial score (nSPS) is 10.4. The lowest BCUT2D eigenvalue weighted by Crippen LogP contribution is -1.83. The first-order chi connectivity index (χ1) is 9.81. The fourth-order valence-corrected chi connectivity index (χ4v) is 2.37. The third kappa shape index (κ3) is 3.03. The SMILES string of the molecule is Cc1ccc(SNc2cc(-c3ccccc3)no2)cc1. The van der Waals surface area contributed by atoms with Gasteiger partial charge in [0.05, 0.1) is 0 Å². The van der Waals surface area contributed by atoms with E-state index in [0.717, 1.165) is 16.2 Å². The Morgan fingerprint density at radius 2 is 1.75 bits per heavy atom. The van der Waals surface area contributed by atoms with Crippen molar-refractivity contribution in [3.8, 4) is 11.3 Å². The molecular formula is C16H14N2OS. The Labute approximate surface area is 122 Å². The van der Waals surface area contributed by atoms with E-state index in [9.17, 15) is 0 Å². The predicted molar refractivity (Wildman–Crippen MR) is 82.6 cm³/mol. The molecule has 0 spiro atoms. The highest BCUT2D eigenvalue weighted by molar-refractivity contribution is 8.00. The molecule has 0 aliphatic rings. The molecule has 2 aromatic carbocycles. The van der Waals surface area contributed by atoms with Crippen molar-refractivity contribution in [2.24, 2.45) is 0 Å². The standard InChI is InChI=1S/C16H14N2OS/c1-12-7-9-14(10-8-12)20-18-16-11-15(17-19-16)13-5-3-2-4-6-13/h2-11,18H,1H3. The Balaban J connectivity index is 1.67. The van der Waals surface area contributed by atoms with E-state index in [-0.39, 0.29) is 0 Å². The lowest BCUT2D eigenvalue weighted by molar-refractivity contribution is 0.439. The van der Waals surface area contributed by atoms with E-state index in [4.69, 9.17) is 4.52 Å². The summed E-state index contributed by atoms with van der Waals surface area (Å²) in [7, 11) is 0. The van der Waals surface area contributed by atoms with Crippen LogP contribution in [-0.4, -0.2) is 5.16 Å². The molecule has 0 radical (unpaired) electrons. The van der Waals surface area contributed by atoms with Gasteiger partial charge in [-0.05, 0) is 31.0 Å². The molecule has 0 fully saturated rings. The van der Waals surface area contributed by atoms with Gasteiger partial charge in [0.1, 0.15) is 5.69 Å². The molecule has 3 rings (SSSR count). The summed E-state index contributed by atoms with van der Waals surface area (Å²) in [6, 6.07) is 20.2. The Bertz CT molecular complexity index is 677. The zero-order valence-corrected chi connectivity index (χ0v) is 11.9. The van der Waals surface area contributed by atoms with Gasteiger partial charge in [-0.1, -0.05) is 53.2 Å². The Morgan fingerprint density at radius 1 is 1.00 bits per heavy atom. The first-order valence-corrected chi connectivity index (χ1v) is 7.14. The number of hydrogen-bond acceptors (Lipinski definition) is 4. The van der Waals surface area contributed by atoms with Crippen LogP contribution >= 0.6 is 11.9 Å². The Morgan fingerprint density at radius 3 is 2.50 bits per heavy atom. The van der Waals surface area contributed by atoms with Gasteiger partial charge in [-0.3, -0.25) is 4.72 Å². The highest BCUT2D eigenvalue weighted by Gasteiger charge is 2.06. The van der Waals surface area contributed by atoms with Gasteiger partial charge in [-0.15, -0.1) is 0 Å². The van der Waals surface area contributed by atoms with Crippen molar-refractivity contribution in [3.05, 3.63) is 66.2 Å². The third-order valence-corrected chi connectivity index (χ3v) is 3.68. The summed E-state index contributed by atoms with van der Waals surface area (Å²) in [5.74, 6) is 0.648. The quantitative estimate of drug-likeness (QED) is 0.699. The van der Waals surface area contributed by atoms with Gasteiger partial charge in [-0.25, -0.2) is 0 Å². The number of rotatable bonds is 4. The number of nitrogens with one attached hydrogen (secondary N) is 1. The number of aryl methyl sites for hydroxylation is 1. The maximum Gasteiger partial charge on any atom is 0.235 e. The second kappa shape index (κ2) is 5.84. The molecule has 0 saturated heterocycles. The lowest BCUT2D eigenvalue weighted by Gasteiger charge is -2.01. The molecule has 0 aliphatic carbocycles. The van der Waals surface area contributed by atoms with Gasteiger partial charge in [0.2, 0.25) is 5.88 Å². The van der Waals surface area contributed by atoms with Gasteiger partial charge in [0.15, 0.2) is 0 Å². The van der Waals surface area contributed by atoms with Gasteiger partial charge in [0.25, 0.3) is 0 Å². The van der Waals surface area contributed by atoms with Crippen LogP contribution in [0.5, 0.6) is 0 Å². The molecule has 0 atom stereocenters. The van der Waals surface area contributed by atoms with Crippen LogP contribution in [-0.2, 0) is 0 Å². The lowest BCUT2D eigenvalue weighted by atomic mass is 10.2. The third-order valence-electron chi connectivity index (χ3n) is 2.87. The maximum absolute atomic E-state index is 5.28. The molecule has 1 N–H and O–H groups in total. The zero-order chi connectivity index (χ0) is 13.8. The van der Waals surface area contributed by atoms with E-state index < -0.39 is 0 Å². The largest absolute Gasteiger partial charge is 0.337 e. The summed E-state index contributed by atoms with van der Waals surface area (Å²) in [5, 5.41) is 4.06. The fraction of sp³-hybridized carbons (Fsp3) is 0.0625. The zero-order valence-electron chi connectivity index (χ0n) is 11.0. The molecule has 20 heavy (non-hydrogen) atoms. The molecule has 4 heteroatoms. The van der Waals surface area contributed by atoms with E-state index in [1.807, 2.05) is 36.4 Å². The number of anilines is 1. The monoisotopic (exact) mass is 282 g/mol. The molecule has 0 bridgehead atoms. The molecule has 3 nitrogen and oxygen atoms in total. The summed E-state index contributed by atoms with van der Waals surface area (Å²) in [5.41, 5.74) is 3.13. The maximum atomic E-state index is 5.28. The van der Waals surface area contributed by atoms with Crippen LogP contribution in [0.2, 0.25) is 0 Å². The summed E-state index contributed by atoms with van der Waals surface area (Å²) in [6.07, 6.45) is 0. The molecule has 100 valence electrons. The van der Waals surface area contributed by atoms with E-state index in [0.29, 0.717) is 5.88 Å². The predicted octanol–water partition coefficient (Wildman–Crippen LogP) is 4.77. The second-order valence-corrected chi connectivity index (χ2v) is 5.34. The van der Waals surface area contributed by atoms with Crippen LogP contribution in [0.3, 0.4) is 0 Å². The molecule has 1 aromatic heterocycles. The van der Waals surface area contributed by atoms with Gasteiger partial charge in [0, 0.05) is 16.5 Å². The summed E-state index contributed by atoms with van der Waals surface area (Å²) in [4.78, 5) is 1.13. The minimum atomic E-state index is 0.648. The Kier molecular flexibility index (Phi) is 3.74. The minimum absolute atomic E-state index is 0.648. The van der Waals surface area contributed by atoms with Gasteiger partial charge >= 0.3 is 0 Å². The topological polar surface area (TPSA) is 38.1 Å². The average Bonchev–Trinajstić information content (AvgIpc) is 2.97. The van der Waals surface area contributed by atoms with E-state index in [1.54, 1.807) is 0 Å². The molecule has 0 saturated carbocycles. The van der Waals surface area contributed by atoms with Crippen molar-refractivity contribution in [3.63, 3.8) is 0 Å². The molecular weight excluding hydrogens is 268 g/mol. The van der Waals surface area contributed by atoms with Crippen LogP contribution in [0, 0.1) is 6.92 Å². The first-order valence-electron chi connectivity index (χ1n) is 6.33. The summed E-state index contributed by atoms with van der Waals surface area (Å²) >= 11 is 1.51. The highest BCUT2D eigenvalue weighted by Crippen LogP contribution is 2.25. The van der Waals surface area contributed by atoms with Crippen molar-refractivity contribution in [2.75, 3.05) is 4.72 Å². The smallest absolute Gasteiger partial charge is 0.235 e. The average molecular weight is 282 g/mol. The van der Waals surface area contributed by atoms with Crippen LogP contribution in [0.15, 0.2) is 70.1 Å². The first kappa shape index (κ1) is 12.8. The molecule has 1 heterocycles. The van der Waals surface area contributed by atoms with E-state index >= 15 is 0 Å². The summed E-state index contributed by atoms with van der Waals surface area (Å²) < 4.78 is 8.44. The highest BCUT2D eigenvalue weighted by atomic mass is 32.2. The van der Waals surface area contributed by atoms with Crippen LogP contribution in [0.4, 0.5) is 5.88 Å². The van der Waals surface area contributed by atoms with Crippen molar-refractivity contribution in [1.29, 1.82) is 0 Å². The van der Waals surface area contributed by atoms with Gasteiger partial charge < -0.3 is 4.52 Å². The molecule has 0 amide bonds. The molecule has 3 aromatic rings.